The number of carbonyl (C=O) groups excluding carboxylic acids is 3. The van der Waals surface area contributed by atoms with Gasteiger partial charge in [0.15, 0.2) is 0 Å². The van der Waals surface area contributed by atoms with Gasteiger partial charge in [0.25, 0.3) is 0 Å². The number of anilines is 1. The summed E-state index contributed by atoms with van der Waals surface area (Å²) in [5, 5.41) is 2.66. The standard InChI is InChI=1S/C18H23N3O5/c1-12(22)19-9-16-11-21(18(24)26-16)15-5-3-13(4-6-15)14-7-8-20(10-14)17(23)25-2/h3-6,14,16H,7-11H2,1-2H3,(H,19,22)/t14?,16-/m0/s1. The fraction of sp³-hybridized carbons (Fsp3) is 0.500. The van der Waals surface area contributed by atoms with Gasteiger partial charge in [-0.15, -0.1) is 0 Å². The van der Waals surface area contributed by atoms with Crippen LogP contribution < -0.4 is 10.2 Å². The van der Waals surface area contributed by atoms with E-state index in [0.29, 0.717) is 26.2 Å². The third-order valence-electron chi connectivity index (χ3n) is 4.75. The molecule has 8 heteroatoms. The summed E-state index contributed by atoms with van der Waals surface area (Å²) in [5.74, 6) is 0.114. The van der Waals surface area contributed by atoms with Gasteiger partial charge in [0.2, 0.25) is 5.91 Å². The van der Waals surface area contributed by atoms with Crippen LogP contribution in [0.5, 0.6) is 0 Å². The molecule has 2 aliphatic heterocycles. The number of likely N-dealkylation sites (tertiary alicyclic amines) is 1. The largest absolute Gasteiger partial charge is 0.453 e. The molecule has 1 aromatic rings. The summed E-state index contributed by atoms with van der Waals surface area (Å²) in [5.41, 5.74) is 1.88. The number of nitrogens with one attached hydrogen (secondary N) is 1. The molecule has 26 heavy (non-hydrogen) atoms. The second-order valence-electron chi connectivity index (χ2n) is 6.55. The predicted octanol–water partition coefficient (Wildman–Crippen LogP) is 1.70. The lowest BCUT2D eigenvalue weighted by Crippen LogP contribution is -2.33. The summed E-state index contributed by atoms with van der Waals surface area (Å²) in [6.07, 6.45) is -0.173. The van der Waals surface area contributed by atoms with E-state index in [-0.39, 0.29) is 24.0 Å². The molecule has 2 heterocycles. The van der Waals surface area contributed by atoms with E-state index >= 15 is 0 Å². The topological polar surface area (TPSA) is 88.2 Å². The number of amides is 3. The summed E-state index contributed by atoms with van der Waals surface area (Å²) in [6, 6.07) is 7.74. The third kappa shape index (κ3) is 3.89. The second kappa shape index (κ2) is 7.63. The highest BCUT2D eigenvalue weighted by Crippen LogP contribution is 2.30. The van der Waals surface area contributed by atoms with Gasteiger partial charge < -0.3 is 19.7 Å². The van der Waals surface area contributed by atoms with Crippen molar-refractivity contribution in [2.75, 3.05) is 38.2 Å². The minimum Gasteiger partial charge on any atom is -0.453 e. The maximum absolute atomic E-state index is 12.1. The molecule has 140 valence electrons. The SMILES string of the molecule is COC(=O)N1CCC(c2ccc(N3C[C@H](CNC(C)=O)OC3=O)cc2)C1. The lowest BCUT2D eigenvalue weighted by Gasteiger charge is -2.16. The molecule has 2 saturated heterocycles. The molecule has 0 spiro atoms. The zero-order chi connectivity index (χ0) is 18.7. The number of hydrogen-bond acceptors (Lipinski definition) is 5. The Bertz CT molecular complexity index is 691. The molecule has 0 aromatic heterocycles. The lowest BCUT2D eigenvalue weighted by molar-refractivity contribution is -0.119. The highest BCUT2D eigenvalue weighted by Gasteiger charge is 2.33. The van der Waals surface area contributed by atoms with Crippen molar-refractivity contribution in [2.45, 2.75) is 25.4 Å². The number of hydrogen-bond donors (Lipinski definition) is 1. The van der Waals surface area contributed by atoms with Crippen LogP contribution in [0.1, 0.15) is 24.8 Å². The molecule has 3 amide bonds. The Balaban J connectivity index is 1.60. The van der Waals surface area contributed by atoms with Gasteiger partial charge in [-0.25, -0.2) is 9.59 Å². The fourth-order valence-corrected chi connectivity index (χ4v) is 3.35. The Hall–Kier alpha value is -2.77. The van der Waals surface area contributed by atoms with Crippen molar-refractivity contribution in [2.24, 2.45) is 0 Å². The predicted molar refractivity (Wildman–Crippen MR) is 94.1 cm³/mol. The Morgan fingerprint density at radius 1 is 1.27 bits per heavy atom. The second-order valence-corrected chi connectivity index (χ2v) is 6.55. The number of rotatable bonds is 4. The minimum absolute atomic E-state index is 0.151. The van der Waals surface area contributed by atoms with Crippen LogP contribution in [0, 0.1) is 0 Å². The molecule has 0 saturated carbocycles. The van der Waals surface area contributed by atoms with E-state index in [2.05, 4.69) is 5.32 Å². The summed E-state index contributed by atoms with van der Waals surface area (Å²) >= 11 is 0. The van der Waals surface area contributed by atoms with Crippen molar-refractivity contribution < 1.29 is 23.9 Å². The van der Waals surface area contributed by atoms with Gasteiger partial charge in [0.1, 0.15) is 6.10 Å². The van der Waals surface area contributed by atoms with E-state index in [1.807, 2.05) is 24.3 Å². The van der Waals surface area contributed by atoms with Crippen LogP contribution >= 0.6 is 0 Å². The van der Waals surface area contributed by atoms with Crippen molar-refractivity contribution >= 4 is 23.8 Å². The molecule has 1 aromatic carbocycles. The van der Waals surface area contributed by atoms with E-state index in [1.54, 1.807) is 9.80 Å². The van der Waals surface area contributed by atoms with Gasteiger partial charge in [-0.05, 0) is 24.1 Å². The molecular weight excluding hydrogens is 338 g/mol. The summed E-state index contributed by atoms with van der Waals surface area (Å²) < 4.78 is 10.0. The van der Waals surface area contributed by atoms with Gasteiger partial charge >= 0.3 is 12.2 Å². The number of methoxy groups -OCH3 is 1. The molecule has 2 atom stereocenters. The molecule has 1 unspecified atom stereocenters. The monoisotopic (exact) mass is 361 g/mol. The normalized spacial score (nSPS) is 22.3. The first-order chi connectivity index (χ1) is 12.5. The van der Waals surface area contributed by atoms with Crippen LogP contribution in [0.3, 0.4) is 0 Å². The molecule has 2 fully saturated rings. The van der Waals surface area contributed by atoms with Crippen LogP contribution in [0.4, 0.5) is 15.3 Å². The zero-order valence-electron chi connectivity index (χ0n) is 14.9. The summed E-state index contributed by atoms with van der Waals surface area (Å²) in [6.45, 7) is 3.45. The average Bonchev–Trinajstić information content (AvgIpc) is 3.26. The van der Waals surface area contributed by atoms with Crippen molar-refractivity contribution in [3.05, 3.63) is 29.8 Å². The third-order valence-corrected chi connectivity index (χ3v) is 4.75. The minimum atomic E-state index is -0.411. The van der Waals surface area contributed by atoms with Crippen molar-refractivity contribution in [1.82, 2.24) is 10.2 Å². The average molecular weight is 361 g/mol. The molecule has 0 bridgehead atoms. The summed E-state index contributed by atoms with van der Waals surface area (Å²) in [7, 11) is 1.39. The Labute approximate surface area is 152 Å². The first-order valence-electron chi connectivity index (χ1n) is 8.63. The molecule has 1 N–H and O–H groups in total. The lowest BCUT2D eigenvalue weighted by atomic mass is 9.98. The van der Waals surface area contributed by atoms with Gasteiger partial charge in [-0.2, -0.15) is 0 Å². The molecular formula is C18H23N3O5. The Morgan fingerprint density at radius 2 is 2.00 bits per heavy atom. The van der Waals surface area contributed by atoms with Crippen LogP contribution in [0.15, 0.2) is 24.3 Å². The van der Waals surface area contributed by atoms with E-state index < -0.39 is 6.09 Å². The van der Waals surface area contributed by atoms with Gasteiger partial charge in [-0.3, -0.25) is 9.69 Å². The van der Waals surface area contributed by atoms with Crippen LogP contribution in [0.25, 0.3) is 0 Å². The fourth-order valence-electron chi connectivity index (χ4n) is 3.35. The molecule has 2 aliphatic rings. The number of carbonyl (C=O) groups is 3. The number of nitrogens with zero attached hydrogens (tertiary/aromatic N) is 2. The van der Waals surface area contributed by atoms with E-state index in [1.165, 1.54) is 14.0 Å². The van der Waals surface area contributed by atoms with Gasteiger partial charge in [0.05, 0.1) is 20.2 Å². The molecule has 0 radical (unpaired) electrons. The highest BCUT2D eigenvalue weighted by atomic mass is 16.6. The molecule has 3 rings (SSSR count). The van der Waals surface area contributed by atoms with E-state index in [0.717, 1.165) is 17.7 Å². The van der Waals surface area contributed by atoms with Crippen LogP contribution in [-0.2, 0) is 14.3 Å². The maximum atomic E-state index is 12.1. The van der Waals surface area contributed by atoms with Crippen LogP contribution in [0.2, 0.25) is 0 Å². The van der Waals surface area contributed by atoms with Crippen molar-refractivity contribution in [1.29, 1.82) is 0 Å². The number of benzene rings is 1. The molecule has 0 aliphatic carbocycles. The number of cyclic esters (lactones) is 1. The smallest absolute Gasteiger partial charge is 0.414 e. The van der Waals surface area contributed by atoms with Crippen LogP contribution in [-0.4, -0.2) is 62.4 Å². The van der Waals surface area contributed by atoms with Crippen molar-refractivity contribution in [3.63, 3.8) is 0 Å². The van der Waals surface area contributed by atoms with Crippen molar-refractivity contribution in [3.8, 4) is 0 Å². The Morgan fingerprint density at radius 3 is 2.65 bits per heavy atom. The highest BCUT2D eigenvalue weighted by molar-refractivity contribution is 5.89. The van der Waals surface area contributed by atoms with E-state index in [4.69, 9.17) is 9.47 Å². The van der Waals surface area contributed by atoms with E-state index in [9.17, 15) is 14.4 Å². The van der Waals surface area contributed by atoms with Gasteiger partial charge in [-0.1, -0.05) is 12.1 Å². The number of ether oxygens (including phenoxy) is 2. The maximum Gasteiger partial charge on any atom is 0.414 e. The first kappa shape index (κ1) is 18.0. The Kier molecular flexibility index (Phi) is 5.29. The first-order valence-corrected chi connectivity index (χ1v) is 8.63. The van der Waals surface area contributed by atoms with Gasteiger partial charge in [0, 0.05) is 31.6 Å². The molecule has 8 nitrogen and oxygen atoms in total. The quantitative estimate of drug-likeness (QED) is 0.882. The zero-order valence-corrected chi connectivity index (χ0v) is 14.9. The summed E-state index contributed by atoms with van der Waals surface area (Å²) in [4.78, 5) is 37.9.